The van der Waals surface area contributed by atoms with Crippen molar-refractivity contribution in [1.82, 2.24) is 4.72 Å². The van der Waals surface area contributed by atoms with Crippen molar-refractivity contribution < 1.29 is 17.9 Å². The molecular formula is C20H27NO4S. The maximum Gasteiger partial charge on any atom is 0.240 e. The van der Waals surface area contributed by atoms with Crippen molar-refractivity contribution in [2.45, 2.75) is 38.5 Å². The van der Waals surface area contributed by atoms with Crippen LogP contribution < -0.4 is 14.2 Å². The third kappa shape index (κ3) is 4.77. The summed E-state index contributed by atoms with van der Waals surface area (Å²) in [5.41, 5.74) is 2.63. The van der Waals surface area contributed by atoms with E-state index in [2.05, 4.69) is 4.72 Å². The van der Waals surface area contributed by atoms with Gasteiger partial charge in [0.05, 0.1) is 18.6 Å². The van der Waals surface area contributed by atoms with Gasteiger partial charge in [0.15, 0.2) is 0 Å². The minimum atomic E-state index is -3.55. The number of nitrogens with one attached hydrogen (secondary N) is 1. The van der Waals surface area contributed by atoms with Gasteiger partial charge in [-0.2, -0.15) is 0 Å². The van der Waals surface area contributed by atoms with Gasteiger partial charge in [-0.05, 0) is 68.5 Å². The summed E-state index contributed by atoms with van der Waals surface area (Å²) in [5.74, 6) is 1.55. The average Bonchev–Trinajstić information content (AvgIpc) is 2.62. The second kappa shape index (κ2) is 9.05. The summed E-state index contributed by atoms with van der Waals surface area (Å²) >= 11 is 0. The molecule has 0 amide bonds. The van der Waals surface area contributed by atoms with Crippen LogP contribution in [0.2, 0.25) is 0 Å². The second-order valence-electron chi connectivity index (χ2n) is 6.06. The lowest BCUT2D eigenvalue weighted by atomic mass is 10.1. The van der Waals surface area contributed by atoms with Crippen molar-refractivity contribution in [2.24, 2.45) is 0 Å². The number of para-hydroxylation sites is 1. The fourth-order valence-electron chi connectivity index (χ4n) is 2.85. The van der Waals surface area contributed by atoms with Gasteiger partial charge in [-0.15, -0.1) is 0 Å². The number of hydrogen-bond donors (Lipinski definition) is 1. The molecule has 0 aliphatic rings. The van der Waals surface area contributed by atoms with Crippen molar-refractivity contribution in [1.29, 1.82) is 0 Å². The molecule has 0 fully saturated rings. The Morgan fingerprint density at radius 3 is 2.42 bits per heavy atom. The molecule has 0 aliphatic carbocycles. The van der Waals surface area contributed by atoms with Gasteiger partial charge in [0.1, 0.15) is 11.5 Å². The van der Waals surface area contributed by atoms with Crippen molar-refractivity contribution in [3.8, 4) is 11.5 Å². The van der Waals surface area contributed by atoms with Gasteiger partial charge in [0, 0.05) is 6.54 Å². The van der Waals surface area contributed by atoms with E-state index in [9.17, 15) is 8.42 Å². The maximum absolute atomic E-state index is 12.6. The molecule has 0 saturated carbocycles. The molecule has 0 heterocycles. The number of hydrogen-bond acceptors (Lipinski definition) is 4. The summed E-state index contributed by atoms with van der Waals surface area (Å²) in [6, 6.07) is 11.1. The molecule has 5 nitrogen and oxygen atoms in total. The van der Waals surface area contributed by atoms with E-state index in [1.165, 1.54) is 0 Å². The molecule has 1 N–H and O–H groups in total. The molecule has 0 bridgehead atoms. The number of rotatable bonds is 9. The number of methoxy groups -OCH3 is 1. The molecule has 26 heavy (non-hydrogen) atoms. The van der Waals surface area contributed by atoms with Gasteiger partial charge in [-0.1, -0.05) is 18.2 Å². The summed E-state index contributed by atoms with van der Waals surface area (Å²) in [6.45, 7) is 6.58. The Kier molecular flexibility index (Phi) is 7.06. The zero-order chi connectivity index (χ0) is 19.2. The van der Waals surface area contributed by atoms with Gasteiger partial charge < -0.3 is 9.47 Å². The minimum Gasteiger partial charge on any atom is -0.496 e. The molecule has 2 aromatic carbocycles. The molecule has 0 radical (unpaired) electrons. The molecule has 2 aromatic rings. The fourth-order valence-corrected chi connectivity index (χ4v) is 4.22. The van der Waals surface area contributed by atoms with Gasteiger partial charge in [0.25, 0.3) is 0 Å². The first-order chi connectivity index (χ1) is 12.4. The van der Waals surface area contributed by atoms with E-state index in [0.29, 0.717) is 35.8 Å². The molecule has 6 heteroatoms. The number of benzene rings is 2. The number of sulfonamides is 1. The predicted octanol–water partition coefficient (Wildman–Crippen LogP) is 3.62. The van der Waals surface area contributed by atoms with Gasteiger partial charge in [-0.25, -0.2) is 13.1 Å². The first-order valence-electron chi connectivity index (χ1n) is 8.75. The van der Waals surface area contributed by atoms with Crippen molar-refractivity contribution in [2.75, 3.05) is 20.3 Å². The van der Waals surface area contributed by atoms with Crippen LogP contribution in [0, 0.1) is 13.8 Å². The second-order valence-corrected chi connectivity index (χ2v) is 7.79. The highest BCUT2D eigenvalue weighted by Gasteiger charge is 2.19. The predicted molar refractivity (Wildman–Crippen MR) is 104 cm³/mol. The Labute approximate surface area is 156 Å². The Morgan fingerprint density at radius 2 is 1.73 bits per heavy atom. The lowest BCUT2D eigenvalue weighted by Gasteiger charge is -2.14. The third-order valence-corrected chi connectivity index (χ3v) is 5.99. The van der Waals surface area contributed by atoms with Gasteiger partial charge in [-0.3, -0.25) is 0 Å². The maximum atomic E-state index is 12.6. The summed E-state index contributed by atoms with van der Waals surface area (Å²) in [7, 11) is -1.97. The van der Waals surface area contributed by atoms with Gasteiger partial charge >= 0.3 is 0 Å². The van der Waals surface area contributed by atoms with Crippen LogP contribution in [0.4, 0.5) is 0 Å². The van der Waals surface area contributed by atoms with Crippen molar-refractivity contribution in [3.05, 3.63) is 53.1 Å². The molecule has 0 unspecified atom stereocenters. The smallest absolute Gasteiger partial charge is 0.240 e. The normalized spacial score (nSPS) is 11.4. The molecule has 142 valence electrons. The summed E-state index contributed by atoms with van der Waals surface area (Å²) < 4.78 is 38.8. The van der Waals surface area contributed by atoms with Crippen LogP contribution >= 0.6 is 0 Å². The van der Waals surface area contributed by atoms with Crippen molar-refractivity contribution >= 4 is 10.0 Å². The van der Waals surface area contributed by atoms with Crippen LogP contribution in [0.1, 0.15) is 30.0 Å². The molecular weight excluding hydrogens is 350 g/mol. The molecule has 2 rings (SSSR count). The SMILES string of the molecule is CCOc1ccccc1CCCNS(=O)(=O)c1ccc(OC)c(C)c1C. The summed E-state index contributed by atoms with van der Waals surface area (Å²) in [4.78, 5) is 0.297. The molecule has 0 saturated heterocycles. The first-order valence-corrected chi connectivity index (χ1v) is 10.2. The fraction of sp³-hybridized carbons (Fsp3) is 0.400. The molecule has 0 aliphatic heterocycles. The topological polar surface area (TPSA) is 64.6 Å². The summed E-state index contributed by atoms with van der Waals surface area (Å²) in [5, 5.41) is 0. The highest BCUT2D eigenvalue weighted by molar-refractivity contribution is 7.89. The van der Waals surface area contributed by atoms with Crippen LogP contribution in [-0.4, -0.2) is 28.7 Å². The largest absolute Gasteiger partial charge is 0.496 e. The number of ether oxygens (including phenoxy) is 2. The van der Waals surface area contributed by atoms with Crippen LogP contribution in [0.15, 0.2) is 41.3 Å². The van der Waals surface area contributed by atoms with Crippen LogP contribution in [0.3, 0.4) is 0 Å². The van der Waals surface area contributed by atoms with Crippen molar-refractivity contribution in [3.63, 3.8) is 0 Å². The average molecular weight is 378 g/mol. The highest BCUT2D eigenvalue weighted by Crippen LogP contribution is 2.26. The molecule has 0 atom stereocenters. The minimum absolute atomic E-state index is 0.297. The molecule has 0 aromatic heterocycles. The first kappa shape index (κ1) is 20.3. The Bertz CT molecular complexity index is 847. The van der Waals surface area contributed by atoms with Crippen LogP contribution in [0.25, 0.3) is 0 Å². The monoisotopic (exact) mass is 377 g/mol. The summed E-state index contributed by atoms with van der Waals surface area (Å²) in [6.07, 6.45) is 1.44. The van der Waals surface area contributed by atoms with E-state index < -0.39 is 10.0 Å². The van der Waals surface area contributed by atoms with E-state index in [0.717, 1.165) is 23.3 Å². The van der Waals surface area contributed by atoms with E-state index in [1.54, 1.807) is 26.2 Å². The quantitative estimate of drug-likeness (QED) is 0.678. The van der Waals surface area contributed by atoms with E-state index in [1.807, 2.05) is 38.1 Å². The zero-order valence-corrected chi connectivity index (χ0v) is 16.7. The van der Waals surface area contributed by atoms with E-state index in [4.69, 9.17) is 9.47 Å². The van der Waals surface area contributed by atoms with Crippen LogP contribution in [-0.2, 0) is 16.4 Å². The lowest BCUT2D eigenvalue weighted by Crippen LogP contribution is -2.26. The number of aryl methyl sites for hydroxylation is 1. The Hall–Kier alpha value is -2.05. The Balaban J connectivity index is 2.00. The van der Waals surface area contributed by atoms with E-state index in [-0.39, 0.29) is 0 Å². The zero-order valence-electron chi connectivity index (χ0n) is 15.8. The Morgan fingerprint density at radius 1 is 1.00 bits per heavy atom. The standard InChI is InChI=1S/C20H27NO4S/c1-5-25-19-11-7-6-9-17(19)10-8-14-21-26(22,23)20-13-12-18(24-4)15(2)16(20)3/h6-7,9,11-13,21H,5,8,10,14H2,1-4H3. The molecule has 0 spiro atoms. The highest BCUT2D eigenvalue weighted by atomic mass is 32.2. The lowest BCUT2D eigenvalue weighted by molar-refractivity contribution is 0.336. The third-order valence-electron chi connectivity index (χ3n) is 4.38. The van der Waals surface area contributed by atoms with Gasteiger partial charge in [0.2, 0.25) is 10.0 Å². The van der Waals surface area contributed by atoms with E-state index >= 15 is 0 Å². The van der Waals surface area contributed by atoms with Crippen LogP contribution in [0.5, 0.6) is 11.5 Å².